The second kappa shape index (κ2) is 13.4. The molecule has 0 saturated carbocycles. The van der Waals surface area contributed by atoms with Crippen molar-refractivity contribution >= 4 is 36.0 Å². The van der Waals surface area contributed by atoms with Gasteiger partial charge in [0, 0.05) is 25.7 Å². The molecule has 0 aromatic carbocycles. The van der Waals surface area contributed by atoms with Gasteiger partial charge >= 0.3 is 12.3 Å². The third kappa shape index (κ3) is 13.3. The lowest BCUT2D eigenvalue weighted by Gasteiger charge is -2.23. The largest absolute Gasteiger partial charge is 0.444 e. The number of guanidine groups is 1. The number of hydrogen-bond acceptors (Lipinski definition) is 4. The predicted molar refractivity (Wildman–Crippen MR) is 123 cm³/mol. The maximum atomic E-state index is 12.6. The molecule has 7 nitrogen and oxygen atoms in total. The number of amides is 1. The van der Waals surface area contributed by atoms with Gasteiger partial charge in [0.1, 0.15) is 5.60 Å². The van der Waals surface area contributed by atoms with Crippen LogP contribution in [0, 0.1) is 0 Å². The van der Waals surface area contributed by atoms with Gasteiger partial charge in [-0.3, -0.25) is 9.89 Å². The van der Waals surface area contributed by atoms with E-state index >= 15 is 0 Å². The number of aliphatic imine (C=N–C) groups is 1. The second-order valence-electron chi connectivity index (χ2n) is 8.33. The van der Waals surface area contributed by atoms with Crippen LogP contribution < -0.4 is 16.0 Å². The van der Waals surface area contributed by atoms with Gasteiger partial charge in [-0.25, -0.2) is 4.79 Å². The average Bonchev–Trinajstić information content (AvgIpc) is 2.95. The Morgan fingerprint density at radius 3 is 2.47 bits per heavy atom. The molecule has 11 heteroatoms. The molecule has 178 valence electrons. The van der Waals surface area contributed by atoms with Gasteiger partial charge in [0.25, 0.3) is 0 Å². The molecule has 2 atom stereocenters. The Morgan fingerprint density at radius 2 is 1.93 bits per heavy atom. The first-order valence-corrected chi connectivity index (χ1v) is 10.2. The highest BCUT2D eigenvalue weighted by atomic mass is 127. The van der Waals surface area contributed by atoms with Crippen molar-refractivity contribution in [2.45, 2.75) is 77.7 Å². The van der Waals surface area contributed by atoms with E-state index in [2.05, 4.69) is 20.9 Å². The summed E-state index contributed by atoms with van der Waals surface area (Å²) in [6, 6.07) is -0.283. The minimum atomic E-state index is -4.19. The number of carbonyl (C=O) groups excluding carboxylic acids is 1. The Morgan fingerprint density at radius 1 is 1.27 bits per heavy atom. The number of likely N-dealkylation sites (tertiary alicyclic amines) is 1. The molecule has 1 heterocycles. The first-order chi connectivity index (χ1) is 13.4. The van der Waals surface area contributed by atoms with Crippen LogP contribution in [-0.4, -0.2) is 73.5 Å². The van der Waals surface area contributed by atoms with Gasteiger partial charge in [0.05, 0.1) is 19.1 Å². The Hall–Kier alpha value is -0.980. The van der Waals surface area contributed by atoms with Crippen LogP contribution >= 0.6 is 24.0 Å². The van der Waals surface area contributed by atoms with Gasteiger partial charge in [0.15, 0.2) is 5.96 Å². The summed E-state index contributed by atoms with van der Waals surface area (Å²) < 4.78 is 43.0. The summed E-state index contributed by atoms with van der Waals surface area (Å²) in [6.07, 6.45) is -2.44. The summed E-state index contributed by atoms with van der Waals surface area (Å²) >= 11 is 0. The maximum Gasteiger partial charge on any atom is 0.407 e. The zero-order valence-corrected chi connectivity index (χ0v) is 20.9. The molecule has 0 spiro atoms. The predicted octanol–water partition coefficient (Wildman–Crippen LogP) is 3.49. The Kier molecular flexibility index (Phi) is 13.0. The Balaban J connectivity index is 0.00000841. The molecule has 1 rings (SSSR count). The number of alkyl halides is 3. The number of nitrogens with one attached hydrogen (secondary N) is 3. The number of alkyl carbamates (subject to hydrolysis) is 1. The zero-order valence-electron chi connectivity index (χ0n) is 18.6. The molecule has 0 aromatic heterocycles. The highest BCUT2D eigenvalue weighted by Gasteiger charge is 2.34. The van der Waals surface area contributed by atoms with Crippen molar-refractivity contribution in [1.29, 1.82) is 0 Å². The molecule has 0 aliphatic carbocycles. The van der Waals surface area contributed by atoms with Crippen molar-refractivity contribution in [3.63, 3.8) is 0 Å². The van der Waals surface area contributed by atoms with E-state index in [1.165, 1.54) is 4.90 Å². The minimum Gasteiger partial charge on any atom is -0.444 e. The van der Waals surface area contributed by atoms with E-state index in [4.69, 9.17) is 4.74 Å². The Bertz CT molecular complexity index is 541. The maximum absolute atomic E-state index is 12.6. The quantitative estimate of drug-likeness (QED) is 0.245. The zero-order chi connectivity index (χ0) is 22.1. The molecule has 2 unspecified atom stereocenters. The fourth-order valence-electron chi connectivity index (χ4n) is 3.09. The topological polar surface area (TPSA) is 78.0 Å². The number of halogens is 4. The normalized spacial score (nSPS) is 19.1. The van der Waals surface area contributed by atoms with Crippen LogP contribution in [0.1, 0.15) is 53.9 Å². The average molecular weight is 551 g/mol. The van der Waals surface area contributed by atoms with E-state index in [9.17, 15) is 18.0 Å². The highest BCUT2D eigenvalue weighted by molar-refractivity contribution is 14.0. The van der Waals surface area contributed by atoms with Crippen LogP contribution in [0.3, 0.4) is 0 Å². The summed E-state index contributed by atoms with van der Waals surface area (Å²) in [6.45, 7) is 10.1. The standard InChI is InChI=1S/C19H36F3N5O2.HI/c1-6-8-14(26-17(28)29-18(3,4)5)11-24-16(23-7-2)25-15-9-10-27(12-15)13-19(20,21)22;/h14-15H,6-13H2,1-5H3,(H,26,28)(H2,23,24,25);1H. The van der Waals surface area contributed by atoms with Crippen molar-refractivity contribution in [3.05, 3.63) is 0 Å². The third-order valence-electron chi connectivity index (χ3n) is 4.19. The molecule has 1 aliphatic heterocycles. The lowest BCUT2D eigenvalue weighted by molar-refractivity contribution is -0.143. The van der Waals surface area contributed by atoms with Crippen molar-refractivity contribution in [2.24, 2.45) is 4.99 Å². The van der Waals surface area contributed by atoms with Crippen LogP contribution in [0.25, 0.3) is 0 Å². The van der Waals surface area contributed by atoms with E-state index in [0.717, 1.165) is 12.8 Å². The van der Waals surface area contributed by atoms with E-state index in [1.54, 1.807) is 20.8 Å². The van der Waals surface area contributed by atoms with Crippen molar-refractivity contribution in [1.82, 2.24) is 20.9 Å². The van der Waals surface area contributed by atoms with Crippen LogP contribution in [0.4, 0.5) is 18.0 Å². The van der Waals surface area contributed by atoms with Gasteiger partial charge in [0.2, 0.25) is 0 Å². The molecule has 30 heavy (non-hydrogen) atoms. The third-order valence-corrected chi connectivity index (χ3v) is 4.19. The highest BCUT2D eigenvalue weighted by Crippen LogP contribution is 2.19. The van der Waals surface area contributed by atoms with Crippen LogP contribution in [0.15, 0.2) is 4.99 Å². The number of nitrogens with zero attached hydrogens (tertiary/aromatic N) is 2. The van der Waals surface area contributed by atoms with Crippen molar-refractivity contribution in [2.75, 3.05) is 32.7 Å². The molecular formula is C19H37F3IN5O2. The molecule has 0 radical (unpaired) electrons. The van der Waals surface area contributed by atoms with Gasteiger partial charge < -0.3 is 20.7 Å². The van der Waals surface area contributed by atoms with E-state index in [1.807, 2.05) is 13.8 Å². The van der Waals surface area contributed by atoms with Gasteiger partial charge in [-0.05, 0) is 40.5 Å². The molecule has 3 N–H and O–H groups in total. The fraction of sp³-hybridized carbons (Fsp3) is 0.895. The number of carbonyl (C=O) groups is 1. The summed E-state index contributed by atoms with van der Waals surface area (Å²) in [4.78, 5) is 18.0. The van der Waals surface area contributed by atoms with Crippen LogP contribution in [0.2, 0.25) is 0 Å². The molecule has 1 saturated heterocycles. The van der Waals surface area contributed by atoms with E-state index in [0.29, 0.717) is 38.6 Å². The minimum absolute atomic E-state index is 0. The molecule has 0 bridgehead atoms. The number of ether oxygens (including phenoxy) is 1. The summed E-state index contributed by atoms with van der Waals surface area (Å²) in [5, 5.41) is 9.16. The molecule has 1 fully saturated rings. The summed E-state index contributed by atoms with van der Waals surface area (Å²) in [7, 11) is 0. The van der Waals surface area contributed by atoms with E-state index < -0.39 is 24.4 Å². The lowest BCUT2D eigenvalue weighted by Crippen LogP contribution is -2.46. The monoisotopic (exact) mass is 551 g/mol. The molecule has 1 amide bonds. The van der Waals surface area contributed by atoms with Gasteiger partial charge in [-0.1, -0.05) is 13.3 Å². The first-order valence-electron chi connectivity index (χ1n) is 10.2. The molecular weight excluding hydrogens is 514 g/mol. The SMILES string of the molecule is CCCC(CN=C(NCC)NC1CCN(CC(F)(F)F)C1)NC(=O)OC(C)(C)C.I. The Labute approximate surface area is 195 Å². The fourth-order valence-corrected chi connectivity index (χ4v) is 3.09. The molecule has 0 aromatic rings. The second-order valence-corrected chi connectivity index (χ2v) is 8.33. The molecule has 1 aliphatic rings. The van der Waals surface area contributed by atoms with Crippen molar-refractivity contribution in [3.8, 4) is 0 Å². The summed E-state index contributed by atoms with van der Waals surface area (Å²) in [5.41, 5.74) is -0.578. The smallest absolute Gasteiger partial charge is 0.407 e. The number of rotatable bonds is 8. The van der Waals surface area contributed by atoms with Crippen molar-refractivity contribution < 1.29 is 22.7 Å². The van der Waals surface area contributed by atoms with E-state index in [-0.39, 0.29) is 36.1 Å². The number of hydrogen-bond donors (Lipinski definition) is 3. The first kappa shape index (κ1) is 29.0. The van der Waals surface area contributed by atoms with Crippen LogP contribution in [0.5, 0.6) is 0 Å². The summed E-state index contributed by atoms with van der Waals surface area (Å²) in [5.74, 6) is 0.540. The lowest BCUT2D eigenvalue weighted by atomic mass is 10.1. The van der Waals surface area contributed by atoms with Gasteiger partial charge in [-0.2, -0.15) is 13.2 Å². The van der Waals surface area contributed by atoms with Gasteiger partial charge in [-0.15, -0.1) is 24.0 Å². The van der Waals surface area contributed by atoms with Crippen LogP contribution in [-0.2, 0) is 4.74 Å².